The van der Waals surface area contributed by atoms with Gasteiger partial charge in [0.2, 0.25) is 0 Å². The first-order valence-electron chi connectivity index (χ1n) is 6.23. The average molecular weight is 277 g/mol. The van der Waals surface area contributed by atoms with Gasteiger partial charge < -0.3 is 10.6 Å². The Morgan fingerprint density at radius 2 is 2.00 bits per heavy atom. The van der Waals surface area contributed by atoms with Crippen LogP contribution >= 0.6 is 11.6 Å². The van der Waals surface area contributed by atoms with Gasteiger partial charge in [0, 0.05) is 18.8 Å². The van der Waals surface area contributed by atoms with E-state index in [2.05, 4.69) is 4.90 Å². The number of anilines is 2. The predicted octanol–water partition coefficient (Wildman–Crippen LogP) is 3.63. The van der Waals surface area contributed by atoms with Gasteiger partial charge >= 0.3 is 0 Å². The summed E-state index contributed by atoms with van der Waals surface area (Å²) in [6.07, 6.45) is 0.907. The van der Waals surface area contributed by atoms with Crippen molar-refractivity contribution in [1.29, 1.82) is 0 Å². The van der Waals surface area contributed by atoms with E-state index in [1.165, 1.54) is 6.07 Å². The number of hydrogen-bond acceptors (Lipinski definition) is 2. The van der Waals surface area contributed by atoms with Crippen molar-refractivity contribution >= 4 is 23.0 Å². The molecule has 1 heterocycles. The number of halogens is 2. The number of nitrogens with zero attached hydrogens (tertiary/aromatic N) is 1. The standard InChI is InChI=1S/C15H14ClFN2/c16-13-7-10(9-18)1-4-14(13)19-6-5-11-2-3-12(17)8-15(11)19/h1-4,7-8H,5-6,9,18H2. The smallest absolute Gasteiger partial charge is 0.125 e. The molecule has 4 heteroatoms. The lowest BCUT2D eigenvalue weighted by Crippen LogP contribution is -2.14. The van der Waals surface area contributed by atoms with Crippen molar-refractivity contribution in [2.75, 3.05) is 11.4 Å². The number of hydrogen-bond donors (Lipinski definition) is 1. The molecule has 2 N–H and O–H groups in total. The van der Waals surface area contributed by atoms with E-state index in [1.807, 2.05) is 24.3 Å². The van der Waals surface area contributed by atoms with Crippen LogP contribution < -0.4 is 10.6 Å². The van der Waals surface area contributed by atoms with Crippen LogP contribution in [0.2, 0.25) is 5.02 Å². The monoisotopic (exact) mass is 276 g/mol. The second kappa shape index (κ2) is 4.83. The summed E-state index contributed by atoms with van der Waals surface area (Å²) in [5.74, 6) is -0.222. The molecule has 0 radical (unpaired) electrons. The van der Waals surface area contributed by atoms with Crippen molar-refractivity contribution in [1.82, 2.24) is 0 Å². The molecule has 19 heavy (non-hydrogen) atoms. The van der Waals surface area contributed by atoms with Gasteiger partial charge in [0.25, 0.3) is 0 Å². The number of benzene rings is 2. The number of fused-ring (bicyclic) bond motifs is 1. The molecule has 2 aromatic rings. The van der Waals surface area contributed by atoms with E-state index in [9.17, 15) is 4.39 Å². The summed E-state index contributed by atoms with van der Waals surface area (Å²) in [5, 5.41) is 0.653. The van der Waals surface area contributed by atoms with Gasteiger partial charge in [-0.25, -0.2) is 4.39 Å². The third-order valence-electron chi connectivity index (χ3n) is 3.48. The highest BCUT2D eigenvalue weighted by Gasteiger charge is 2.22. The molecule has 3 rings (SSSR count). The van der Waals surface area contributed by atoms with Gasteiger partial charge in [0.15, 0.2) is 0 Å². The SMILES string of the molecule is NCc1ccc(N2CCc3ccc(F)cc32)c(Cl)c1. The first kappa shape index (κ1) is 12.5. The molecule has 2 nitrogen and oxygen atoms in total. The molecule has 98 valence electrons. The van der Waals surface area contributed by atoms with E-state index in [-0.39, 0.29) is 5.82 Å². The molecule has 0 saturated carbocycles. The van der Waals surface area contributed by atoms with Gasteiger partial charge in [0.05, 0.1) is 10.7 Å². The summed E-state index contributed by atoms with van der Waals surface area (Å²) >= 11 is 6.30. The minimum absolute atomic E-state index is 0.222. The van der Waals surface area contributed by atoms with Crippen molar-refractivity contribution in [3.05, 3.63) is 58.4 Å². The maximum absolute atomic E-state index is 13.4. The third-order valence-corrected chi connectivity index (χ3v) is 3.78. The number of nitrogens with two attached hydrogens (primary N) is 1. The molecule has 1 aliphatic heterocycles. The lowest BCUT2D eigenvalue weighted by molar-refractivity contribution is 0.628. The van der Waals surface area contributed by atoms with E-state index >= 15 is 0 Å². The fraction of sp³-hybridized carbons (Fsp3) is 0.200. The Morgan fingerprint density at radius 3 is 2.74 bits per heavy atom. The molecule has 0 aromatic heterocycles. The van der Waals surface area contributed by atoms with Gasteiger partial charge in [-0.3, -0.25) is 0 Å². The van der Waals surface area contributed by atoms with Crippen molar-refractivity contribution in [3.63, 3.8) is 0 Å². The molecule has 0 spiro atoms. The minimum atomic E-state index is -0.222. The van der Waals surface area contributed by atoms with Crippen molar-refractivity contribution in [2.45, 2.75) is 13.0 Å². The minimum Gasteiger partial charge on any atom is -0.340 e. The highest BCUT2D eigenvalue weighted by Crippen LogP contribution is 2.38. The molecule has 0 fully saturated rings. The molecule has 0 unspecified atom stereocenters. The average Bonchev–Trinajstić information content (AvgIpc) is 2.81. The maximum atomic E-state index is 13.4. The lowest BCUT2D eigenvalue weighted by Gasteiger charge is -2.21. The van der Waals surface area contributed by atoms with Crippen LogP contribution in [0.4, 0.5) is 15.8 Å². The van der Waals surface area contributed by atoms with E-state index in [1.54, 1.807) is 6.07 Å². The Hall–Kier alpha value is -1.58. The Kier molecular flexibility index (Phi) is 3.17. The van der Waals surface area contributed by atoms with Crippen molar-refractivity contribution < 1.29 is 4.39 Å². The van der Waals surface area contributed by atoms with Crippen LogP contribution in [0.15, 0.2) is 36.4 Å². The summed E-state index contributed by atoms with van der Waals surface area (Å²) in [6, 6.07) is 10.7. The Labute approximate surface area is 116 Å². The normalized spacial score (nSPS) is 13.7. The summed E-state index contributed by atoms with van der Waals surface area (Å²) in [5.41, 5.74) is 9.55. The van der Waals surface area contributed by atoms with Crippen LogP contribution in [0, 0.1) is 5.82 Å². The van der Waals surface area contributed by atoms with Gasteiger partial charge in [-0.15, -0.1) is 0 Å². The Balaban J connectivity index is 2.04. The molecule has 0 amide bonds. The summed E-state index contributed by atoms with van der Waals surface area (Å²) in [6.45, 7) is 1.28. The van der Waals surface area contributed by atoms with Crippen LogP contribution in [0.3, 0.4) is 0 Å². The van der Waals surface area contributed by atoms with Gasteiger partial charge in [-0.2, -0.15) is 0 Å². The van der Waals surface area contributed by atoms with Crippen LogP contribution in [0.1, 0.15) is 11.1 Å². The van der Waals surface area contributed by atoms with Gasteiger partial charge in [-0.1, -0.05) is 23.7 Å². The second-order valence-corrected chi connectivity index (χ2v) is 5.07. The first-order valence-corrected chi connectivity index (χ1v) is 6.61. The van der Waals surface area contributed by atoms with Crippen molar-refractivity contribution in [2.24, 2.45) is 5.73 Å². The molecule has 0 bridgehead atoms. The maximum Gasteiger partial charge on any atom is 0.125 e. The molecule has 1 aliphatic rings. The molecule has 2 aromatic carbocycles. The third kappa shape index (κ3) is 2.20. The number of rotatable bonds is 2. The fourth-order valence-electron chi connectivity index (χ4n) is 2.50. The second-order valence-electron chi connectivity index (χ2n) is 4.66. The van der Waals surface area contributed by atoms with E-state index < -0.39 is 0 Å². The molecule has 0 aliphatic carbocycles. The summed E-state index contributed by atoms with van der Waals surface area (Å²) in [7, 11) is 0. The van der Waals surface area contributed by atoms with Crippen LogP contribution in [0.5, 0.6) is 0 Å². The van der Waals surface area contributed by atoms with E-state index in [0.29, 0.717) is 11.6 Å². The quantitative estimate of drug-likeness (QED) is 0.907. The zero-order valence-electron chi connectivity index (χ0n) is 10.4. The topological polar surface area (TPSA) is 29.3 Å². The van der Waals surface area contributed by atoms with Crippen molar-refractivity contribution in [3.8, 4) is 0 Å². The van der Waals surface area contributed by atoms with Gasteiger partial charge in [0.1, 0.15) is 5.82 Å². The van der Waals surface area contributed by atoms with E-state index in [4.69, 9.17) is 17.3 Å². The first-order chi connectivity index (χ1) is 9.19. The molecular formula is C15H14ClFN2. The van der Waals surface area contributed by atoms with Crippen LogP contribution in [-0.2, 0) is 13.0 Å². The molecule has 0 saturated heterocycles. The zero-order valence-corrected chi connectivity index (χ0v) is 11.1. The van der Waals surface area contributed by atoms with E-state index in [0.717, 1.165) is 35.5 Å². The summed E-state index contributed by atoms with van der Waals surface area (Å²) in [4.78, 5) is 2.06. The predicted molar refractivity (Wildman–Crippen MR) is 76.5 cm³/mol. The molecule has 0 atom stereocenters. The zero-order chi connectivity index (χ0) is 13.4. The lowest BCUT2D eigenvalue weighted by atomic mass is 10.1. The highest BCUT2D eigenvalue weighted by atomic mass is 35.5. The van der Waals surface area contributed by atoms with Crippen LogP contribution in [0.25, 0.3) is 0 Å². The van der Waals surface area contributed by atoms with Gasteiger partial charge in [-0.05, 0) is 41.8 Å². The summed E-state index contributed by atoms with van der Waals surface area (Å²) < 4.78 is 13.4. The van der Waals surface area contributed by atoms with Crippen LogP contribution in [-0.4, -0.2) is 6.54 Å². The fourth-order valence-corrected chi connectivity index (χ4v) is 2.80. The Bertz CT molecular complexity index is 628. The largest absolute Gasteiger partial charge is 0.340 e. The molecular weight excluding hydrogens is 263 g/mol. The Morgan fingerprint density at radius 1 is 1.16 bits per heavy atom. The highest BCUT2D eigenvalue weighted by molar-refractivity contribution is 6.33.